The van der Waals surface area contributed by atoms with Crippen molar-refractivity contribution in [3.63, 3.8) is 0 Å². The number of nitrogens with one attached hydrogen (secondary N) is 2. The van der Waals surface area contributed by atoms with Crippen LogP contribution in [0.25, 0.3) is 0 Å². The molecule has 0 bridgehead atoms. The standard InChI is InChI=1S/C14H19ClN2O2S/c1-3-4-5-8-16-14(20)17-12-9-10(13(18)19-2)6-7-11(12)15/h6-7,9H,3-5,8H2,1-2H3,(H2,16,17,20). The first-order valence-electron chi connectivity index (χ1n) is 6.51. The van der Waals surface area contributed by atoms with Gasteiger partial charge in [-0.2, -0.15) is 0 Å². The molecule has 1 rings (SSSR count). The maximum Gasteiger partial charge on any atom is 0.337 e. The Bertz CT molecular complexity index is 480. The van der Waals surface area contributed by atoms with Gasteiger partial charge in [-0.3, -0.25) is 0 Å². The number of hydrogen-bond acceptors (Lipinski definition) is 3. The predicted molar refractivity (Wildman–Crippen MR) is 86.5 cm³/mol. The highest BCUT2D eigenvalue weighted by Gasteiger charge is 2.09. The molecule has 0 heterocycles. The largest absolute Gasteiger partial charge is 0.465 e. The SMILES string of the molecule is CCCCCNC(=S)Nc1cc(C(=O)OC)ccc1Cl. The third kappa shape index (κ3) is 5.35. The fourth-order valence-corrected chi connectivity index (χ4v) is 1.99. The van der Waals surface area contributed by atoms with Crippen molar-refractivity contribution in [3.8, 4) is 0 Å². The molecule has 0 radical (unpaired) electrons. The first-order valence-corrected chi connectivity index (χ1v) is 7.29. The molecule has 4 nitrogen and oxygen atoms in total. The number of carbonyl (C=O) groups excluding carboxylic acids is 1. The van der Waals surface area contributed by atoms with Gasteiger partial charge in [0.1, 0.15) is 0 Å². The van der Waals surface area contributed by atoms with Crippen LogP contribution in [0.5, 0.6) is 0 Å². The number of ether oxygens (including phenoxy) is 1. The van der Waals surface area contributed by atoms with Crippen molar-refractivity contribution < 1.29 is 9.53 Å². The second kappa shape index (κ2) is 8.76. The topological polar surface area (TPSA) is 50.4 Å². The van der Waals surface area contributed by atoms with Crippen LogP contribution in [0.1, 0.15) is 36.5 Å². The maximum atomic E-state index is 11.5. The smallest absolute Gasteiger partial charge is 0.337 e. The van der Waals surface area contributed by atoms with Gasteiger partial charge in [0, 0.05) is 6.54 Å². The number of hydrogen-bond donors (Lipinski definition) is 2. The molecule has 6 heteroatoms. The van der Waals surface area contributed by atoms with E-state index in [4.69, 9.17) is 23.8 Å². The van der Waals surface area contributed by atoms with E-state index in [1.54, 1.807) is 18.2 Å². The zero-order chi connectivity index (χ0) is 15.0. The monoisotopic (exact) mass is 314 g/mol. The quantitative estimate of drug-likeness (QED) is 0.477. The summed E-state index contributed by atoms with van der Waals surface area (Å²) < 4.78 is 4.67. The Morgan fingerprint density at radius 3 is 2.80 bits per heavy atom. The van der Waals surface area contributed by atoms with Crippen LogP contribution in [-0.4, -0.2) is 24.7 Å². The van der Waals surface area contributed by atoms with Gasteiger partial charge in [-0.15, -0.1) is 0 Å². The fraction of sp³-hybridized carbons (Fsp3) is 0.429. The van der Waals surface area contributed by atoms with E-state index < -0.39 is 5.97 Å². The lowest BCUT2D eigenvalue weighted by Crippen LogP contribution is -2.29. The first kappa shape index (κ1) is 16.7. The van der Waals surface area contributed by atoms with Gasteiger partial charge < -0.3 is 15.4 Å². The molecular weight excluding hydrogens is 296 g/mol. The molecule has 0 atom stereocenters. The van der Waals surface area contributed by atoms with Crippen LogP contribution >= 0.6 is 23.8 Å². The predicted octanol–water partition coefficient (Wildman–Crippen LogP) is 3.60. The second-order valence-corrected chi connectivity index (χ2v) is 5.09. The number of halogens is 1. The Balaban J connectivity index is 2.62. The van der Waals surface area contributed by atoms with Crippen LogP contribution in [0.4, 0.5) is 5.69 Å². The average molecular weight is 315 g/mol. The van der Waals surface area contributed by atoms with Crippen molar-refractivity contribution in [2.45, 2.75) is 26.2 Å². The average Bonchev–Trinajstić information content (AvgIpc) is 2.45. The number of carbonyl (C=O) groups is 1. The molecule has 1 aromatic carbocycles. The van der Waals surface area contributed by atoms with Crippen molar-refractivity contribution in [2.24, 2.45) is 0 Å². The molecule has 20 heavy (non-hydrogen) atoms. The van der Waals surface area contributed by atoms with Gasteiger partial charge in [-0.1, -0.05) is 31.4 Å². The summed E-state index contributed by atoms with van der Waals surface area (Å²) in [7, 11) is 1.34. The molecule has 0 saturated heterocycles. The van der Waals surface area contributed by atoms with Gasteiger partial charge in [-0.05, 0) is 36.8 Å². The summed E-state index contributed by atoms with van der Waals surface area (Å²) in [5, 5.41) is 7.07. The summed E-state index contributed by atoms with van der Waals surface area (Å²) in [4.78, 5) is 11.5. The molecule has 0 aliphatic carbocycles. The Hall–Kier alpha value is -1.33. The van der Waals surface area contributed by atoms with Gasteiger partial charge >= 0.3 is 5.97 Å². The molecule has 1 aromatic rings. The fourth-order valence-electron chi connectivity index (χ4n) is 1.61. The summed E-state index contributed by atoms with van der Waals surface area (Å²) in [5.41, 5.74) is 1.01. The van der Waals surface area contributed by atoms with Gasteiger partial charge in [-0.25, -0.2) is 4.79 Å². The lowest BCUT2D eigenvalue weighted by molar-refractivity contribution is 0.0601. The molecule has 0 amide bonds. The molecule has 0 aromatic heterocycles. The molecular formula is C14H19ClN2O2S. The number of thiocarbonyl (C=S) groups is 1. The highest BCUT2D eigenvalue weighted by atomic mass is 35.5. The van der Waals surface area contributed by atoms with E-state index >= 15 is 0 Å². The lowest BCUT2D eigenvalue weighted by Gasteiger charge is -2.12. The molecule has 0 unspecified atom stereocenters. The van der Waals surface area contributed by atoms with E-state index in [-0.39, 0.29) is 0 Å². The van der Waals surface area contributed by atoms with Crippen LogP contribution in [0, 0.1) is 0 Å². The Morgan fingerprint density at radius 1 is 1.40 bits per heavy atom. The Morgan fingerprint density at radius 2 is 2.15 bits per heavy atom. The van der Waals surface area contributed by atoms with Crippen molar-refractivity contribution in [1.82, 2.24) is 5.32 Å². The zero-order valence-corrected chi connectivity index (χ0v) is 13.2. The first-order chi connectivity index (χ1) is 9.58. The summed E-state index contributed by atoms with van der Waals surface area (Å²) in [5.74, 6) is -0.411. The Labute approximate surface area is 129 Å². The van der Waals surface area contributed by atoms with Crippen molar-refractivity contribution >= 4 is 40.6 Å². The van der Waals surface area contributed by atoms with Gasteiger partial charge in [0.25, 0.3) is 0 Å². The van der Waals surface area contributed by atoms with Crippen LogP contribution < -0.4 is 10.6 Å². The summed E-state index contributed by atoms with van der Waals surface area (Å²) in [6, 6.07) is 4.86. The number of esters is 1. The van der Waals surface area contributed by atoms with E-state index in [9.17, 15) is 4.79 Å². The van der Waals surface area contributed by atoms with E-state index in [0.717, 1.165) is 25.8 Å². The number of rotatable bonds is 6. The normalized spacial score (nSPS) is 9.95. The third-order valence-electron chi connectivity index (χ3n) is 2.70. The van der Waals surface area contributed by atoms with Gasteiger partial charge in [0.2, 0.25) is 0 Å². The minimum Gasteiger partial charge on any atom is -0.465 e. The highest BCUT2D eigenvalue weighted by Crippen LogP contribution is 2.23. The number of unbranched alkanes of at least 4 members (excludes halogenated alkanes) is 2. The Kier molecular flexibility index (Phi) is 7.33. The molecule has 110 valence electrons. The third-order valence-corrected chi connectivity index (χ3v) is 3.28. The van der Waals surface area contributed by atoms with E-state index in [2.05, 4.69) is 22.3 Å². The summed E-state index contributed by atoms with van der Waals surface area (Å²) in [6.45, 7) is 2.96. The van der Waals surface area contributed by atoms with E-state index in [1.807, 2.05) is 0 Å². The molecule has 0 aliphatic heterocycles. The molecule has 0 spiro atoms. The summed E-state index contributed by atoms with van der Waals surface area (Å²) >= 11 is 11.3. The van der Waals surface area contributed by atoms with Crippen molar-refractivity contribution in [1.29, 1.82) is 0 Å². The maximum absolute atomic E-state index is 11.5. The number of anilines is 1. The van der Waals surface area contributed by atoms with Gasteiger partial charge in [0.05, 0.1) is 23.4 Å². The summed E-state index contributed by atoms with van der Waals surface area (Å²) in [6.07, 6.45) is 3.39. The van der Waals surface area contributed by atoms with E-state index in [0.29, 0.717) is 21.4 Å². The zero-order valence-electron chi connectivity index (χ0n) is 11.7. The van der Waals surface area contributed by atoms with Crippen LogP contribution in [0.2, 0.25) is 5.02 Å². The molecule has 0 saturated carbocycles. The minimum absolute atomic E-state index is 0.411. The number of methoxy groups -OCH3 is 1. The molecule has 0 aliphatic rings. The van der Waals surface area contributed by atoms with Crippen molar-refractivity contribution in [3.05, 3.63) is 28.8 Å². The van der Waals surface area contributed by atoms with E-state index in [1.165, 1.54) is 7.11 Å². The lowest BCUT2D eigenvalue weighted by atomic mass is 10.2. The molecule has 0 fully saturated rings. The minimum atomic E-state index is -0.411. The van der Waals surface area contributed by atoms with Crippen LogP contribution in [-0.2, 0) is 4.74 Å². The van der Waals surface area contributed by atoms with Gasteiger partial charge in [0.15, 0.2) is 5.11 Å². The molecule has 2 N–H and O–H groups in total. The number of benzene rings is 1. The highest BCUT2D eigenvalue weighted by molar-refractivity contribution is 7.80. The van der Waals surface area contributed by atoms with Crippen LogP contribution in [0.3, 0.4) is 0 Å². The van der Waals surface area contributed by atoms with Crippen molar-refractivity contribution in [2.75, 3.05) is 19.0 Å². The second-order valence-electron chi connectivity index (χ2n) is 4.27. The van der Waals surface area contributed by atoms with Crippen LogP contribution in [0.15, 0.2) is 18.2 Å².